The SMILES string of the molecule is O=C(O)c1cn2c(c(OCc3ccccc3)c1=O)C(=O)N1CCCO[C@H]1[C@@H]2C(c1ccccc1)c1ccccc1. The largest absolute Gasteiger partial charge is 0.483 e. The topological polar surface area (TPSA) is 98.1 Å². The van der Waals surface area contributed by atoms with Gasteiger partial charge in [0, 0.05) is 18.7 Å². The molecular formula is C32H28N2O6. The maximum absolute atomic E-state index is 14.0. The van der Waals surface area contributed by atoms with Crippen molar-refractivity contribution in [1.82, 2.24) is 9.47 Å². The first-order chi connectivity index (χ1) is 19.5. The van der Waals surface area contributed by atoms with Crippen molar-refractivity contribution >= 4 is 11.9 Å². The first kappa shape index (κ1) is 25.6. The van der Waals surface area contributed by atoms with Crippen molar-refractivity contribution in [3.63, 3.8) is 0 Å². The summed E-state index contributed by atoms with van der Waals surface area (Å²) in [5.74, 6) is -2.40. The lowest BCUT2D eigenvalue weighted by Gasteiger charge is -2.48. The first-order valence-electron chi connectivity index (χ1n) is 13.3. The van der Waals surface area contributed by atoms with Crippen LogP contribution in [0.15, 0.2) is 102 Å². The molecule has 8 heteroatoms. The van der Waals surface area contributed by atoms with E-state index in [1.807, 2.05) is 91.0 Å². The van der Waals surface area contributed by atoms with E-state index in [1.54, 1.807) is 9.47 Å². The third-order valence-electron chi connectivity index (χ3n) is 7.52. The van der Waals surface area contributed by atoms with E-state index in [4.69, 9.17) is 9.47 Å². The third kappa shape index (κ3) is 4.56. The molecule has 1 amide bonds. The van der Waals surface area contributed by atoms with Gasteiger partial charge in [0.15, 0.2) is 17.7 Å². The fourth-order valence-electron chi connectivity index (χ4n) is 5.73. The van der Waals surface area contributed by atoms with Crippen molar-refractivity contribution in [2.24, 2.45) is 0 Å². The summed E-state index contributed by atoms with van der Waals surface area (Å²) < 4.78 is 13.9. The minimum atomic E-state index is -1.39. The molecule has 8 nitrogen and oxygen atoms in total. The predicted octanol–water partition coefficient (Wildman–Crippen LogP) is 4.70. The van der Waals surface area contributed by atoms with Crippen molar-refractivity contribution in [3.8, 4) is 5.75 Å². The number of hydrogen-bond donors (Lipinski definition) is 1. The van der Waals surface area contributed by atoms with Gasteiger partial charge in [0.05, 0.1) is 12.6 Å². The molecule has 0 bridgehead atoms. The first-order valence-corrected chi connectivity index (χ1v) is 13.3. The number of benzene rings is 3. The summed E-state index contributed by atoms with van der Waals surface area (Å²) in [4.78, 5) is 41.5. The monoisotopic (exact) mass is 536 g/mol. The van der Waals surface area contributed by atoms with E-state index in [2.05, 4.69) is 0 Å². The number of amides is 1. The van der Waals surface area contributed by atoms with Gasteiger partial charge in [-0.2, -0.15) is 0 Å². The lowest BCUT2D eigenvalue weighted by molar-refractivity contribution is -0.114. The van der Waals surface area contributed by atoms with Crippen molar-refractivity contribution in [1.29, 1.82) is 0 Å². The van der Waals surface area contributed by atoms with Crippen molar-refractivity contribution in [3.05, 3.63) is 135 Å². The van der Waals surface area contributed by atoms with Crippen LogP contribution in [0.1, 0.15) is 55.9 Å². The highest BCUT2D eigenvalue weighted by Crippen LogP contribution is 2.44. The van der Waals surface area contributed by atoms with Gasteiger partial charge in [0.25, 0.3) is 5.91 Å². The Hall–Kier alpha value is -4.69. The van der Waals surface area contributed by atoms with Crippen molar-refractivity contribution < 1.29 is 24.2 Å². The molecule has 40 heavy (non-hydrogen) atoms. The number of carboxylic acids is 1. The Kier molecular flexibility index (Phi) is 6.92. The Morgan fingerprint density at radius 3 is 2.12 bits per heavy atom. The summed E-state index contributed by atoms with van der Waals surface area (Å²) >= 11 is 0. The molecular weight excluding hydrogens is 508 g/mol. The molecule has 1 N–H and O–H groups in total. The number of carbonyl (C=O) groups excluding carboxylic acids is 1. The molecule has 2 atom stereocenters. The van der Waals surface area contributed by atoms with Gasteiger partial charge in [-0.3, -0.25) is 9.59 Å². The zero-order chi connectivity index (χ0) is 27.6. The Morgan fingerprint density at radius 1 is 0.925 bits per heavy atom. The number of hydrogen-bond acceptors (Lipinski definition) is 5. The van der Waals surface area contributed by atoms with Crippen molar-refractivity contribution in [2.45, 2.75) is 31.2 Å². The van der Waals surface area contributed by atoms with E-state index in [-0.39, 0.29) is 24.0 Å². The minimum Gasteiger partial charge on any atom is -0.483 e. The highest BCUT2D eigenvalue weighted by Gasteiger charge is 2.48. The van der Waals surface area contributed by atoms with E-state index < -0.39 is 35.1 Å². The van der Waals surface area contributed by atoms with Crippen molar-refractivity contribution in [2.75, 3.05) is 13.2 Å². The standard InChI is InChI=1S/C32H28N2O6/c35-28-24(32(37)38)19-34-26(25(22-13-6-2-7-14-22)23-15-8-3-9-16-23)31-33(17-10-18-39-31)30(36)27(34)29(28)40-20-21-11-4-1-5-12-21/h1-9,11-16,19,25-26,31H,10,17-18,20H2,(H,37,38)/t26-,31-/m0/s1. The molecule has 1 fully saturated rings. The minimum absolute atomic E-state index is 0.00479. The molecule has 4 aromatic rings. The molecule has 1 saturated heterocycles. The van der Waals surface area contributed by atoms with E-state index in [0.29, 0.717) is 19.6 Å². The number of carbonyl (C=O) groups is 2. The molecule has 3 aromatic carbocycles. The van der Waals surface area contributed by atoms with Gasteiger partial charge in [-0.05, 0) is 23.1 Å². The van der Waals surface area contributed by atoms with Gasteiger partial charge in [0.2, 0.25) is 5.43 Å². The molecule has 0 saturated carbocycles. The highest BCUT2D eigenvalue weighted by molar-refractivity contribution is 5.98. The smallest absolute Gasteiger partial charge is 0.341 e. The highest BCUT2D eigenvalue weighted by atomic mass is 16.5. The van der Waals surface area contributed by atoms with Gasteiger partial charge in [-0.25, -0.2) is 4.79 Å². The third-order valence-corrected chi connectivity index (χ3v) is 7.52. The fraction of sp³-hybridized carbons (Fsp3) is 0.219. The van der Waals surface area contributed by atoms with Gasteiger partial charge in [-0.15, -0.1) is 0 Å². The summed E-state index contributed by atoms with van der Waals surface area (Å²) in [5.41, 5.74) is 1.47. The molecule has 0 unspecified atom stereocenters. The summed E-state index contributed by atoms with van der Waals surface area (Å²) in [5, 5.41) is 10.0. The molecule has 0 radical (unpaired) electrons. The van der Waals surface area contributed by atoms with Gasteiger partial charge in [0.1, 0.15) is 12.2 Å². The molecule has 1 aromatic heterocycles. The van der Waals surface area contributed by atoms with E-state index >= 15 is 0 Å². The van der Waals surface area contributed by atoms with E-state index in [1.165, 1.54) is 6.20 Å². The number of fused-ring (bicyclic) bond motifs is 2. The molecule has 0 aliphatic carbocycles. The quantitative estimate of drug-likeness (QED) is 0.368. The number of pyridine rings is 1. The number of aromatic carboxylic acids is 1. The molecule has 6 rings (SSSR count). The number of ether oxygens (including phenoxy) is 2. The Bertz CT molecular complexity index is 1550. The predicted molar refractivity (Wildman–Crippen MR) is 148 cm³/mol. The zero-order valence-electron chi connectivity index (χ0n) is 21.7. The normalized spacial score (nSPS) is 18.2. The lowest BCUT2D eigenvalue weighted by atomic mass is 9.82. The van der Waals surface area contributed by atoms with Crippen LogP contribution in [0.3, 0.4) is 0 Å². The van der Waals surface area contributed by atoms with Crippen LogP contribution in [0.4, 0.5) is 0 Å². The molecule has 2 aliphatic heterocycles. The number of nitrogens with zero attached hydrogens (tertiary/aromatic N) is 2. The van der Waals surface area contributed by atoms with Crippen LogP contribution in [0.25, 0.3) is 0 Å². The maximum atomic E-state index is 14.0. The van der Waals surface area contributed by atoms with E-state index in [0.717, 1.165) is 16.7 Å². The zero-order valence-corrected chi connectivity index (χ0v) is 21.7. The summed E-state index contributed by atoms with van der Waals surface area (Å²) in [6.07, 6.45) is 1.25. The van der Waals surface area contributed by atoms with Gasteiger partial charge < -0.3 is 24.0 Å². The molecule has 3 heterocycles. The maximum Gasteiger partial charge on any atom is 0.341 e. The second-order valence-electron chi connectivity index (χ2n) is 9.94. The molecule has 0 spiro atoms. The van der Waals surface area contributed by atoms with Gasteiger partial charge in [-0.1, -0.05) is 91.0 Å². The average molecular weight is 537 g/mol. The van der Waals surface area contributed by atoms with E-state index in [9.17, 15) is 19.5 Å². The molecule has 2 aliphatic rings. The van der Waals surface area contributed by atoms with Crippen LogP contribution >= 0.6 is 0 Å². The van der Waals surface area contributed by atoms with Crippen LogP contribution in [0.5, 0.6) is 5.75 Å². The Morgan fingerprint density at radius 2 is 1.52 bits per heavy atom. The average Bonchev–Trinajstić information content (AvgIpc) is 3.00. The molecule has 202 valence electrons. The van der Waals surface area contributed by atoms with Gasteiger partial charge >= 0.3 is 5.97 Å². The Labute approximate surface area is 231 Å². The number of rotatable bonds is 7. The van der Waals surface area contributed by atoms with Crippen LogP contribution in [-0.4, -0.2) is 45.8 Å². The fourth-order valence-corrected chi connectivity index (χ4v) is 5.73. The number of carboxylic acid groups (broad SMARTS) is 1. The van der Waals surface area contributed by atoms with Crippen LogP contribution in [0.2, 0.25) is 0 Å². The Balaban J connectivity index is 1.60. The lowest BCUT2D eigenvalue weighted by Crippen LogP contribution is -2.57. The van der Waals surface area contributed by atoms with Crippen LogP contribution < -0.4 is 10.2 Å². The summed E-state index contributed by atoms with van der Waals surface area (Å²) in [6.45, 7) is 0.911. The number of aromatic nitrogens is 1. The summed E-state index contributed by atoms with van der Waals surface area (Å²) in [6, 6.07) is 28.3. The van der Waals surface area contributed by atoms with Crippen LogP contribution in [0, 0.1) is 0 Å². The van der Waals surface area contributed by atoms with Crippen LogP contribution in [-0.2, 0) is 11.3 Å². The second-order valence-corrected chi connectivity index (χ2v) is 9.94. The summed E-state index contributed by atoms with van der Waals surface area (Å²) in [7, 11) is 0. The second kappa shape index (κ2) is 10.8.